The summed E-state index contributed by atoms with van der Waals surface area (Å²) in [5.41, 5.74) is 5.33. The van der Waals surface area contributed by atoms with Crippen molar-refractivity contribution in [1.82, 2.24) is 14.8 Å². The van der Waals surface area contributed by atoms with Crippen LogP contribution >= 0.6 is 11.8 Å². The number of nitrogens with two attached hydrogens (primary N) is 1. The van der Waals surface area contributed by atoms with E-state index >= 15 is 0 Å². The fourth-order valence-corrected chi connectivity index (χ4v) is 2.00. The number of aromatic nitrogens is 3. The molecule has 0 saturated carbocycles. The van der Waals surface area contributed by atoms with Crippen LogP contribution in [0.3, 0.4) is 0 Å². The second kappa shape index (κ2) is 5.67. The lowest BCUT2D eigenvalue weighted by molar-refractivity contribution is -0.110. The molecule has 0 aliphatic rings. The van der Waals surface area contributed by atoms with Gasteiger partial charge in [0.1, 0.15) is 5.82 Å². The predicted octanol–water partition coefficient (Wildman–Crippen LogP) is 1.54. The number of hydrogen-bond donors (Lipinski definition) is 1. The van der Waals surface area contributed by atoms with Gasteiger partial charge in [0, 0.05) is 13.1 Å². The van der Waals surface area contributed by atoms with Crippen molar-refractivity contribution in [1.29, 1.82) is 0 Å². The second-order valence-corrected chi connectivity index (χ2v) is 4.26. The van der Waals surface area contributed by atoms with Crippen LogP contribution in [0.15, 0.2) is 5.16 Å². The fraction of sp³-hybridized carbons (Fsp3) is 0.750. The molecule has 1 aromatic rings. The van der Waals surface area contributed by atoms with Crippen LogP contribution in [0, 0.1) is 6.92 Å². The van der Waals surface area contributed by atoms with Gasteiger partial charge in [-0.1, -0.05) is 11.8 Å². The van der Waals surface area contributed by atoms with Gasteiger partial charge in [0.2, 0.25) is 0 Å². The molecule has 0 amide bonds. The first kappa shape index (κ1) is 14.2. The third-order valence-corrected chi connectivity index (χ3v) is 3.06. The van der Waals surface area contributed by atoms with E-state index in [9.17, 15) is 17.6 Å². The second-order valence-electron chi connectivity index (χ2n) is 3.32. The SMILES string of the molecule is Cc1nnc(SCC(F)(F)C(F)F)n1CCN. The van der Waals surface area contributed by atoms with Crippen molar-refractivity contribution in [2.45, 2.75) is 31.0 Å². The molecule has 17 heavy (non-hydrogen) atoms. The summed E-state index contributed by atoms with van der Waals surface area (Å²) in [5, 5.41) is 7.50. The lowest BCUT2D eigenvalue weighted by atomic mass is 10.4. The van der Waals surface area contributed by atoms with E-state index in [2.05, 4.69) is 10.2 Å². The maximum atomic E-state index is 12.7. The quantitative estimate of drug-likeness (QED) is 0.630. The fourth-order valence-electron chi connectivity index (χ4n) is 1.08. The van der Waals surface area contributed by atoms with Crippen LogP contribution in [0.5, 0.6) is 0 Å². The molecular weight excluding hydrogens is 260 g/mol. The van der Waals surface area contributed by atoms with Crippen molar-refractivity contribution >= 4 is 11.8 Å². The van der Waals surface area contributed by atoms with Gasteiger partial charge < -0.3 is 10.3 Å². The van der Waals surface area contributed by atoms with Gasteiger partial charge in [-0.15, -0.1) is 10.2 Å². The molecule has 0 aromatic carbocycles. The Morgan fingerprint density at radius 2 is 2.06 bits per heavy atom. The summed E-state index contributed by atoms with van der Waals surface area (Å²) in [7, 11) is 0. The van der Waals surface area contributed by atoms with E-state index in [0.717, 1.165) is 0 Å². The van der Waals surface area contributed by atoms with Crippen LogP contribution < -0.4 is 5.73 Å². The van der Waals surface area contributed by atoms with Crippen LogP contribution in [-0.4, -0.2) is 39.4 Å². The average molecular weight is 272 g/mol. The molecule has 9 heteroatoms. The highest BCUT2D eigenvalue weighted by Gasteiger charge is 2.41. The topological polar surface area (TPSA) is 56.7 Å². The number of aryl methyl sites for hydroxylation is 1. The molecule has 0 atom stereocenters. The van der Waals surface area contributed by atoms with Gasteiger partial charge in [0.05, 0.1) is 5.75 Å². The zero-order valence-corrected chi connectivity index (χ0v) is 9.85. The largest absolute Gasteiger partial charge is 0.329 e. The molecule has 2 N–H and O–H groups in total. The molecule has 0 aliphatic carbocycles. The molecule has 0 fully saturated rings. The summed E-state index contributed by atoms with van der Waals surface area (Å²) in [6.45, 7) is 2.29. The van der Waals surface area contributed by atoms with Crippen LogP contribution in [0.2, 0.25) is 0 Å². The number of hydrogen-bond acceptors (Lipinski definition) is 4. The molecule has 1 rings (SSSR count). The van der Waals surface area contributed by atoms with Crippen LogP contribution in [0.25, 0.3) is 0 Å². The van der Waals surface area contributed by atoms with E-state index in [0.29, 0.717) is 24.1 Å². The number of nitrogens with zero attached hydrogens (tertiary/aromatic N) is 3. The van der Waals surface area contributed by atoms with E-state index in [-0.39, 0.29) is 11.7 Å². The van der Waals surface area contributed by atoms with Crippen LogP contribution in [-0.2, 0) is 6.54 Å². The molecule has 0 bridgehead atoms. The first-order valence-electron chi connectivity index (χ1n) is 4.77. The molecule has 1 aromatic heterocycles. The summed E-state index contributed by atoms with van der Waals surface area (Å²) in [6.07, 6.45) is -3.68. The average Bonchev–Trinajstić information content (AvgIpc) is 2.58. The van der Waals surface area contributed by atoms with E-state index in [1.807, 2.05) is 0 Å². The van der Waals surface area contributed by atoms with E-state index in [4.69, 9.17) is 5.73 Å². The minimum absolute atomic E-state index is 0.174. The third-order valence-electron chi connectivity index (χ3n) is 1.97. The van der Waals surface area contributed by atoms with Gasteiger partial charge >= 0.3 is 12.3 Å². The van der Waals surface area contributed by atoms with Gasteiger partial charge in [0.15, 0.2) is 5.16 Å². The van der Waals surface area contributed by atoms with E-state index in [1.165, 1.54) is 4.57 Å². The summed E-state index contributed by atoms with van der Waals surface area (Å²) in [6, 6.07) is 0. The van der Waals surface area contributed by atoms with Gasteiger partial charge in [0.25, 0.3) is 0 Å². The molecule has 1 heterocycles. The third kappa shape index (κ3) is 3.56. The van der Waals surface area contributed by atoms with E-state index < -0.39 is 18.1 Å². The number of halogens is 4. The van der Waals surface area contributed by atoms with Crippen LogP contribution in [0.4, 0.5) is 17.6 Å². The molecule has 98 valence electrons. The van der Waals surface area contributed by atoms with Crippen LogP contribution in [0.1, 0.15) is 5.82 Å². The van der Waals surface area contributed by atoms with Gasteiger partial charge in [-0.3, -0.25) is 0 Å². The molecule has 0 radical (unpaired) electrons. The molecule has 4 nitrogen and oxygen atoms in total. The Kier molecular flexibility index (Phi) is 4.75. The first-order chi connectivity index (χ1) is 7.88. The molecule has 0 unspecified atom stereocenters. The van der Waals surface area contributed by atoms with E-state index in [1.54, 1.807) is 6.92 Å². The smallest absolute Gasteiger partial charge is 0.316 e. The number of alkyl halides is 4. The molecule has 0 spiro atoms. The zero-order chi connectivity index (χ0) is 13.1. The summed E-state index contributed by atoms with van der Waals surface area (Å²) in [4.78, 5) is 0. The van der Waals surface area contributed by atoms with Crippen molar-refractivity contribution in [3.63, 3.8) is 0 Å². The minimum atomic E-state index is -4.03. The molecular formula is C8H12F4N4S. The highest BCUT2D eigenvalue weighted by atomic mass is 32.2. The monoisotopic (exact) mass is 272 g/mol. The van der Waals surface area contributed by atoms with Crippen molar-refractivity contribution < 1.29 is 17.6 Å². The zero-order valence-electron chi connectivity index (χ0n) is 9.04. The Balaban J connectivity index is 2.69. The normalized spacial score (nSPS) is 12.4. The summed E-state index contributed by atoms with van der Waals surface area (Å²) >= 11 is 0.547. The predicted molar refractivity (Wildman–Crippen MR) is 55.5 cm³/mol. The van der Waals surface area contributed by atoms with Crippen molar-refractivity contribution in [3.05, 3.63) is 5.82 Å². The highest BCUT2D eigenvalue weighted by Crippen LogP contribution is 2.30. The lowest BCUT2D eigenvalue weighted by Crippen LogP contribution is -2.29. The number of thioether (sulfide) groups is 1. The van der Waals surface area contributed by atoms with Crippen molar-refractivity contribution in [3.8, 4) is 0 Å². The Labute approximate surface area is 99.6 Å². The lowest BCUT2D eigenvalue weighted by Gasteiger charge is -2.14. The summed E-state index contributed by atoms with van der Waals surface area (Å²) < 4.78 is 50.8. The first-order valence-corrected chi connectivity index (χ1v) is 5.75. The Hall–Kier alpha value is -0.830. The number of rotatable bonds is 6. The standard InChI is InChI=1S/C8H12F4N4S/c1-5-14-15-7(16(5)3-2-13)17-4-8(11,12)6(9)10/h6H,2-4,13H2,1H3. The Morgan fingerprint density at radius 1 is 1.41 bits per heavy atom. The van der Waals surface area contributed by atoms with Gasteiger partial charge in [-0.25, -0.2) is 8.78 Å². The maximum Gasteiger partial charge on any atom is 0.316 e. The van der Waals surface area contributed by atoms with Gasteiger partial charge in [-0.05, 0) is 6.92 Å². The maximum absolute atomic E-state index is 12.7. The summed E-state index contributed by atoms with van der Waals surface area (Å²) in [5.74, 6) is -4.55. The molecule has 0 saturated heterocycles. The minimum Gasteiger partial charge on any atom is -0.329 e. The van der Waals surface area contributed by atoms with Crippen molar-refractivity contribution in [2.75, 3.05) is 12.3 Å². The Bertz CT molecular complexity index is 368. The Morgan fingerprint density at radius 3 is 2.59 bits per heavy atom. The highest BCUT2D eigenvalue weighted by molar-refractivity contribution is 7.99. The van der Waals surface area contributed by atoms with Crippen molar-refractivity contribution in [2.24, 2.45) is 5.73 Å². The molecule has 0 aliphatic heterocycles. The van der Waals surface area contributed by atoms with Gasteiger partial charge in [-0.2, -0.15) is 8.78 Å².